The lowest BCUT2D eigenvalue weighted by Gasteiger charge is -2.34. The maximum atomic E-state index is 13.3. The molecule has 1 amide bonds. The number of amides is 1. The van der Waals surface area contributed by atoms with Gasteiger partial charge in [-0.1, -0.05) is 45.1 Å². The number of esters is 1. The first-order chi connectivity index (χ1) is 22.0. The Bertz CT molecular complexity index is 1070. The number of carbonyl (C=O) groups is 2. The highest BCUT2D eigenvalue weighted by Crippen LogP contribution is 2.28. The molecule has 11 nitrogen and oxygen atoms in total. The van der Waals surface area contributed by atoms with Crippen molar-refractivity contribution in [1.29, 1.82) is 0 Å². The van der Waals surface area contributed by atoms with Crippen LogP contribution in [0.2, 0.25) is 0 Å². The van der Waals surface area contributed by atoms with Crippen LogP contribution >= 0.6 is 0 Å². The molecule has 0 bridgehead atoms. The monoisotopic (exact) mass is 666 g/mol. The third-order valence-electron chi connectivity index (χ3n) is 9.22. The zero-order chi connectivity index (χ0) is 35.4. The van der Waals surface area contributed by atoms with Crippen LogP contribution in [0.25, 0.3) is 0 Å². The van der Waals surface area contributed by atoms with Gasteiger partial charge in [-0.15, -0.1) is 0 Å². The maximum Gasteiger partial charge on any atom is 0.410 e. The largest absolute Gasteiger partial charge is 0.457 e. The minimum absolute atomic E-state index is 0.108. The Hall–Kier alpha value is -2.28. The molecule has 2 aliphatic rings. The van der Waals surface area contributed by atoms with E-state index in [2.05, 4.69) is 11.8 Å². The summed E-state index contributed by atoms with van der Waals surface area (Å²) in [6, 6.07) is 0. The molecular formula is C36H62N2O9. The van der Waals surface area contributed by atoms with Crippen molar-refractivity contribution in [2.45, 2.75) is 142 Å². The van der Waals surface area contributed by atoms with E-state index in [1.807, 2.05) is 34.6 Å². The highest BCUT2D eigenvalue weighted by atomic mass is 16.6. The average molecular weight is 667 g/mol. The molecule has 270 valence electrons. The molecule has 8 unspecified atom stereocenters. The molecule has 0 aromatic rings. The van der Waals surface area contributed by atoms with Crippen LogP contribution in [0, 0.1) is 5.92 Å². The van der Waals surface area contributed by atoms with Crippen LogP contribution in [0.5, 0.6) is 0 Å². The molecule has 11 heteroatoms. The quantitative estimate of drug-likeness (QED) is 0.144. The van der Waals surface area contributed by atoms with Crippen molar-refractivity contribution >= 4 is 12.1 Å². The van der Waals surface area contributed by atoms with E-state index in [1.165, 1.54) is 0 Å². The predicted octanol–water partition coefficient (Wildman–Crippen LogP) is 4.13. The van der Waals surface area contributed by atoms with Crippen LogP contribution in [0.1, 0.15) is 93.9 Å². The van der Waals surface area contributed by atoms with Gasteiger partial charge in [0.2, 0.25) is 0 Å². The molecule has 0 aromatic heterocycles. The van der Waals surface area contributed by atoms with Gasteiger partial charge in [-0.05, 0) is 85.0 Å². The van der Waals surface area contributed by atoms with Crippen molar-refractivity contribution in [2.24, 2.45) is 5.92 Å². The molecule has 1 fully saturated rings. The van der Waals surface area contributed by atoms with Crippen LogP contribution < -0.4 is 0 Å². The number of ether oxygens (including phenoxy) is 3. The van der Waals surface area contributed by atoms with Gasteiger partial charge in [-0.2, -0.15) is 0 Å². The fourth-order valence-corrected chi connectivity index (χ4v) is 6.09. The standard InChI is InChI=1S/C36H62N2O9/c1-9-30(40)28(6)45-27(5)24-35(7,43)17-11-13-25(3)33-26(4)14-15-31(36(8,44)18-16-29(39)23-32(41)47-33)46-34(42)38-20-12-19-37(10-2)21-22-38/h11,13-15,17,26-31,33,39-40,43-44H,9-10,12,16,18-24H2,1-8H3/b15-14+,17-11+,25-13+/t26?,27?,28-,29?,30?,31?,33?,35?,36?/m0/s1. The molecule has 0 spiro atoms. The van der Waals surface area contributed by atoms with Gasteiger partial charge in [-0.3, -0.25) is 4.79 Å². The van der Waals surface area contributed by atoms with Gasteiger partial charge >= 0.3 is 12.1 Å². The fourth-order valence-electron chi connectivity index (χ4n) is 6.09. The Balaban J connectivity index is 2.24. The summed E-state index contributed by atoms with van der Waals surface area (Å²) < 4.78 is 17.6. The number of aliphatic hydroxyl groups is 4. The van der Waals surface area contributed by atoms with Gasteiger partial charge < -0.3 is 44.4 Å². The highest BCUT2D eigenvalue weighted by Gasteiger charge is 2.36. The average Bonchev–Trinajstić information content (AvgIpc) is 3.25. The Morgan fingerprint density at radius 2 is 1.91 bits per heavy atom. The lowest BCUT2D eigenvalue weighted by atomic mass is 9.88. The Kier molecular flexibility index (Phi) is 16.6. The second kappa shape index (κ2) is 19.0. The third kappa shape index (κ3) is 14.0. The Morgan fingerprint density at radius 3 is 2.57 bits per heavy atom. The zero-order valence-electron chi connectivity index (χ0n) is 29.9. The fraction of sp³-hybridized carbons (Fsp3) is 0.778. The summed E-state index contributed by atoms with van der Waals surface area (Å²) in [7, 11) is 0. The molecule has 0 saturated carbocycles. The summed E-state index contributed by atoms with van der Waals surface area (Å²) >= 11 is 0. The SMILES string of the molecule is CCC(O)[C@H](C)OC(C)CC(C)(O)/C=C/C=C(\C)C1OC(=O)CC(O)CCC(C)(O)C(OC(=O)N2CCCN(CC)CC2)/C=C/C1C. The van der Waals surface area contributed by atoms with Crippen LogP contribution in [0.3, 0.4) is 0 Å². The first-order valence-electron chi connectivity index (χ1n) is 17.4. The van der Waals surface area contributed by atoms with E-state index in [9.17, 15) is 30.0 Å². The number of carbonyl (C=O) groups excluding carboxylic acids is 2. The zero-order valence-corrected chi connectivity index (χ0v) is 29.9. The minimum atomic E-state index is -1.49. The van der Waals surface area contributed by atoms with Crippen molar-refractivity contribution in [1.82, 2.24) is 9.80 Å². The molecule has 2 aliphatic heterocycles. The highest BCUT2D eigenvalue weighted by molar-refractivity contribution is 5.70. The van der Waals surface area contributed by atoms with E-state index in [-0.39, 0.29) is 37.4 Å². The molecule has 0 aliphatic carbocycles. The third-order valence-corrected chi connectivity index (χ3v) is 9.22. The van der Waals surface area contributed by atoms with Crippen molar-refractivity contribution in [3.63, 3.8) is 0 Å². The van der Waals surface area contributed by atoms with E-state index >= 15 is 0 Å². The maximum absolute atomic E-state index is 13.3. The molecule has 47 heavy (non-hydrogen) atoms. The Morgan fingerprint density at radius 1 is 1.21 bits per heavy atom. The summed E-state index contributed by atoms with van der Waals surface area (Å²) in [5.41, 5.74) is -1.99. The van der Waals surface area contributed by atoms with Crippen molar-refractivity contribution in [2.75, 3.05) is 32.7 Å². The number of cyclic esters (lactones) is 1. The lowest BCUT2D eigenvalue weighted by molar-refractivity contribution is -0.151. The second-order valence-corrected chi connectivity index (χ2v) is 13.9. The van der Waals surface area contributed by atoms with Crippen LogP contribution in [0.15, 0.2) is 36.0 Å². The molecule has 0 radical (unpaired) electrons. The van der Waals surface area contributed by atoms with Crippen molar-refractivity contribution in [3.8, 4) is 0 Å². The number of rotatable bonds is 11. The van der Waals surface area contributed by atoms with Gasteiger partial charge in [0.15, 0.2) is 6.10 Å². The van der Waals surface area contributed by atoms with Gasteiger partial charge in [-0.25, -0.2) is 4.79 Å². The van der Waals surface area contributed by atoms with E-state index in [0.717, 1.165) is 26.1 Å². The molecule has 2 rings (SSSR count). The van der Waals surface area contributed by atoms with Gasteiger partial charge in [0.05, 0.1) is 36.4 Å². The second-order valence-electron chi connectivity index (χ2n) is 13.9. The molecule has 2 heterocycles. The van der Waals surface area contributed by atoms with Gasteiger partial charge in [0, 0.05) is 32.0 Å². The predicted molar refractivity (Wildman–Crippen MR) is 182 cm³/mol. The number of likely N-dealkylation sites (N-methyl/N-ethyl adjacent to an activating group) is 1. The molecular weight excluding hydrogens is 604 g/mol. The first-order valence-corrected chi connectivity index (χ1v) is 17.4. The first kappa shape index (κ1) is 40.9. The lowest BCUT2D eigenvalue weighted by Crippen LogP contribution is -2.45. The van der Waals surface area contributed by atoms with Crippen molar-refractivity contribution in [3.05, 3.63) is 36.0 Å². The summed E-state index contributed by atoms with van der Waals surface area (Å²) in [5.74, 6) is -0.944. The summed E-state index contributed by atoms with van der Waals surface area (Å²) in [6.07, 6.45) is 5.78. The van der Waals surface area contributed by atoms with E-state index in [4.69, 9.17) is 14.2 Å². The summed E-state index contributed by atoms with van der Waals surface area (Å²) in [4.78, 5) is 30.1. The number of nitrogens with zero attached hydrogens (tertiary/aromatic N) is 2. The minimum Gasteiger partial charge on any atom is -0.457 e. The van der Waals surface area contributed by atoms with E-state index in [0.29, 0.717) is 31.5 Å². The number of aliphatic hydroxyl groups excluding tert-OH is 2. The summed E-state index contributed by atoms with van der Waals surface area (Å²) in [6.45, 7) is 18.3. The van der Waals surface area contributed by atoms with Crippen molar-refractivity contribution < 1.29 is 44.2 Å². The molecule has 1 saturated heterocycles. The topological polar surface area (TPSA) is 149 Å². The molecule has 9 atom stereocenters. The van der Waals surface area contributed by atoms with E-state index in [1.54, 1.807) is 49.1 Å². The van der Waals surface area contributed by atoms with Crippen LogP contribution in [-0.4, -0.2) is 123 Å². The number of hydrogen-bond acceptors (Lipinski definition) is 10. The summed E-state index contributed by atoms with van der Waals surface area (Å²) in [5, 5.41) is 43.0. The van der Waals surface area contributed by atoms with E-state index < -0.39 is 47.7 Å². The molecule has 4 N–H and O–H groups in total. The smallest absolute Gasteiger partial charge is 0.410 e. The van der Waals surface area contributed by atoms with Gasteiger partial charge in [0.25, 0.3) is 0 Å². The normalized spacial score (nSPS) is 31.4. The Labute approximate surface area is 282 Å². The number of hydrogen-bond donors (Lipinski definition) is 4. The number of allylic oxidation sites excluding steroid dienone is 2. The van der Waals surface area contributed by atoms with Crippen LogP contribution in [0.4, 0.5) is 4.79 Å². The molecule has 0 aromatic carbocycles. The van der Waals surface area contributed by atoms with Crippen LogP contribution in [-0.2, 0) is 19.0 Å². The van der Waals surface area contributed by atoms with Gasteiger partial charge in [0.1, 0.15) is 11.7 Å².